The van der Waals surface area contributed by atoms with Crippen molar-refractivity contribution in [3.63, 3.8) is 0 Å². The van der Waals surface area contributed by atoms with Crippen molar-refractivity contribution in [3.05, 3.63) is 42.5 Å². The van der Waals surface area contributed by atoms with Gasteiger partial charge in [-0.05, 0) is 39.7 Å². The molecule has 1 amide bonds. The number of nitrogens with one attached hydrogen (secondary N) is 2. The van der Waals surface area contributed by atoms with Crippen LogP contribution in [0.4, 0.5) is 11.4 Å². The summed E-state index contributed by atoms with van der Waals surface area (Å²) in [6.45, 7) is 0.635. The number of halogens is 3. The second-order valence-corrected chi connectivity index (χ2v) is 7.40. The molecule has 0 aliphatic carbocycles. The Hall–Kier alpha value is -0.750. The molecule has 0 bridgehead atoms. The summed E-state index contributed by atoms with van der Waals surface area (Å²) in [6.07, 6.45) is 0.400. The van der Waals surface area contributed by atoms with Crippen molar-refractivity contribution < 1.29 is 4.79 Å². The average Bonchev–Trinajstić information content (AvgIpc) is 2.89. The Morgan fingerprint density at radius 2 is 2.15 bits per heavy atom. The minimum Gasteiger partial charge on any atom is -0.379 e. The molecular weight excluding hydrogens is 383 g/mol. The fraction of sp³-hybridized carbons (Fsp3) is 0.154. The SMILES string of the molecule is O=C1Cc2cc(NCc3cc(Br)c(Cl)s3)c(Cl)cc2N1. The smallest absolute Gasteiger partial charge is 0.228 e. The number of fused-ring (bicyclic) bond motifs is 1. The second kappa shape index (κ2) is 5.56. The first-order chi connectivity index (χ1) is 9.52. The molecule has 1 aliphatic heterocycles. The van der Waals surface area contributed by atoms with Gasteiger partial charge >= 0.3 is 0 Å². The molecule has 2 N–H and O–H groups in total. The number of rotatable bonds is 3. The molecule has 0 fully saturated rings. The summed E-state index contributed by atoms with van der Waals surface area (Å²) in [4.78, 5) is 12.5. The van der Waals surface area contributed by atoms with E-state index >= 15 is 0 Å². The summed E-state index contributed by atoms with van der Waals surface area (Å²) in [5.74, 6) is 0.00202. The van der Waals surface area contributed by atoms with Crippen molar-refractivity contribution in [2.24, 2.45) is 0 Å². The van der Waals surface area contributed by atoms with E-state index in [9.17, 15) is 4.79 Å². The van der Waals surface area contributed by atoms with Crippen LogP contribution in [-0.2, 0) is 17.8 Å². The van der Waals surface area contributed by atoms with Gasteiger partial charge in [-0.3, -0.25) is 4.79 Å². The Balaban J connectivity index is 1.78. The Kier molecular flexibility index (Phi) is 3.95. The zero-order chi connectivity index (χ0) is 14.3. The molecule has 104 valence electrons. The zero-order valence-corrected chi connectivity index (χ0v) is 14.0. The van der Waals surface area contributed by atoms with Crippen LogP contribution in [-0.4, -0.2) is 5.91 Å². The van der Waals surface area contributed by atoms with Crippen LogP contribution in [0.1, 0.15) is 10.4 Å². The Labute approximate surface area is 138 Å². The molecule has 3 nitrogen and oxygen atoms in total. The van der Waals surface area contributed by atoms with E-state index in [1.807, 2.05) is 12.1 Å². The molecule has 1 aromatic carbocycles. The predicted octanol–water partition coefficient (Wildman–Crippen LogP) is 4.92. The molecule has 1 aliphatic rings. The molecule has 0 saturated heterocycles. The number of hydrogen-bond acceptors (Lipinski definition) is 3. The van der Waals surface area contributed by atoms with Gasteiger partial charge in [-0.1, -0.05) is 23.2 Å². The highest BCUT2D eigenvalue weighted by molar-refractivity contribution is 9.10. The largest absolute Gasteiger partial charge is 0.379 e. The van der Waals surface area contributed by atoms with Gasteiger partial charge in [0.25, 0.3) is 0 Å². The van der Waals surface area contributed by atoms with Crippen LogP contribution >= 0.6 is 50.5 Å². The van der Waals surface area contributed by atoms with Crippen LogP contribution in [0.3, 0.4) is 0 Å². The first kappa shape index (κ1) is 14.2. The van der Waals surface area contributed by atoms with E-state index in [4.69, 9.17) is 23.2 Å². The maximum Gasteiger partial charge on any atom is 0.228 e. The third kappa shape index (κ3) is 2.81. The molecule has 3 rings (SSSR count). The van der Waals surface area contributed by atoms with Crippen LogP contribution in [0, 0.1) is 0 Å². The third-order valence-corrected chi connectivity index (χ3v) is 5.75. The summed E-state index contributed by atoms with van der Waals surface area (Å²) >= 11 is 17.1. The first-order valence-electron chi connectivity index (χ1n) is 5.83. The van der Waals surface area contributed by atoms with Crippen molar-refractivity contribution in [3.8, 4) is 0 Å². The van der Waals surface area contributed by atoms with E-state index in [0.29, 0.717) is 18.0 Å². The molecule has 0 atom stereocenters. The van der Waals surface area contributed by atoms with Crippen LogP contribution in [0.5, 0.6) is 0 Å². The highest BCUT2D eigenvalue weighted by atomic mass is 79.9. The van der Waals surface area contributed by atoms with Gasteiger partial charge in [-0.25, -0.2) is 0 Å². The van der Waals surface area contributed by atoms with E-state index in [-0.39, 0.29) is 5.91 Å². The highest BCUT2D eigenvalue weighted by Crippen LogP contribution is 2.35. The standard InChI is InChI=1S/C13H9BrCl2N2OS/c14-8-3-7(20-13(8)16)5-17-11-1-6-2-12(19)18-10(6)4-9(11)15/h1,3-4,17H,2,5H2,(H,18,19). The first-order valence-corrected chi connectivity index (χ1v) is 8.19. The average molecular weight is 392 g/mol. The lowest BCUT2D eigenvalue weighted by Crippen LogP contribution is -2.03. The number of hydrogen-bond donors (Lipinski definition) is 2. The molecule has 1 aromatic heterocycles. The molecule has 0 saturated carbocycles. The fourth-order valence-electron chi connectivity index (χ4n) is 2.04. The number of carbonyl (C=O) groups is 1. The third-order valence-electron chi connectivity index (χ3n) is 2.97. The zero-order valence-electron chi connectivity index (χ0n) is 10.1. The van der Waals surface area contributed by atoms with Gasteiger partial charge in [0.2, 0.25) is 5.91 Å². The lowest BCUT2D eigenvalue weighted by molar-refractivity contribution is -0.115. The van der Waals surface area contributed by atoms with E-state index < -0.39 is 0 Å². The van der Waals surface area contributed by atoms with Gasteiger partial charge < -0.3 is 10.6 Å². The number of anilines is 2. The lowest BCUT2D eigenvalue weighted by atomic mass is 10.1. The summed E-state index contributed by atoms with van der Waals surface area (Å²) < 4.78 is 1.63. The second-order valence-electron chi connectivity index (χ2n) is 4.40. The molecule has 20 heavy (non-hydrogen) atoms. The van der Waals surface area contributed by atoms with Crippen molar-refractivity contribution >= 4 is 67.8 Å². The van der Waals surface area contributed by atoms with E-state index in [1.54, 1.807) is 6.07 Å². The number of benzene rings is 1. The predicted molar refractivity (Wildman–Crippen MR) is 88.1 cm³/mol. The van der Waals surface area contributed by atoms with Crippen molar-refractivity contribution in [2.75, 3.05) is 10.6 Å². The topological polar surface area (TPSA) is 41.1 Å². The quantitative estimate of drug-likeness (QED) is 0.779. The number of thiophene rings is 1. The monoisotopic (exact) mass is 390 g/mol. The Morgan fingerprint density at radius 1 is 1.35 bits per heavy atom. The number of carbonyl (C=O) groups excluding carboxylic acids is 1. The van der Waals surface area contributed by atoms with Gasteiger partial charge in [0, 0.05) is 21.6 Å². The lowest BCUT2D eigenvalue weighted by Gasteiger charge is -2.09. The molecular formula is C13H9BrCl2N2OS. The normalized spacial score (nSPS) is 13.2. The van der Waals surface area contributed by atoms with Gasteiger partial charge in [-0.15, -0.1) is 11.3 Å². The fourth-order valence-corrected chi connectivity index (χ4v) is 4.01. The summed E-state index contributed by atoms with van der Waals surface area (Å²) in [7, 11) is 0. The Bertz CT molecular complexity index is 682. The van der Waals surface area contributed by atoms with Crippen LogP contribution in [0.25, 0.3) is 0 Å². The molecule has 0 radical (unpaired) electrons. The Morgan fingerprint density at radius 3 is 2.85 bits per heavy atom. The van der Waals surface area contributed by atoms with Gasteiger partial charge in [0.15, 0.2) is 0 Å². The summed E-state index contributed by atoms with van der Waals surface area (Å²) in [5, 5.41) is 6.64. The van der Waals surface area contributed by atoms with E-state index in [2.05, 4.69) is 26.6 Å². The minimum absolute atomic E-state index is 0.00202. The molecule has 2 aromatic rings. The number of amides is 1. The van der Waals surface area contributed by atoms with Gasteiger partial charge in [0.1, 0.15) is 4.34 Å². The van der Waals surface area contributed by atoms with E-state index in [1.165, 1.54) is 11.3 Å². The molecule has 0 unspecified atom stereocenters. The summed E-state index contributed by atoms with van der Waals surface area (Å²) in [5.41, 5.74) is 2.59. The van der Waals surface area contributed by atoms with Crippen LogP contribution in [0.15, 0.2) is 22.7 Å². The van der Waals surface area contributed by atoms with Crippen LogP contribution < -0.4 is 10.6 Å². The van der Waals surface area contributed by atoms with Crippen LogP contribution in [0.2, 0.25) is 9.36 Å². The van der Waals surface area contributed by atoms with Gasteiger partial charge in [-0.2, -0.15) is 0 Å². The molecule has 2 heterocycles. The molecule has 7 heteroatoms. The van der Waals surface area contributed by atoms with Crippen molar-refractivity contribution in [2.45, 2.75) is 13.0 Å². The minimum atomic E-state index is 0.00202. The maximum absolute atomic E-state index is 11.3. The summed E-state index contributed by atoms with van der Waals surface area (Å²) in [6, 6.07) is 5.67. The van der Waals surface area contributed by atoms with E-state index in [0.717, 1.165) is 30.6 Å². The van der Waals surface area contributed by atoms with Gasteiger partial charge in [0.05, 0.1) is 17.1 Å². The maximum atomic E-state index is 11.3. The van der Waals surface area contributed by atoms with Crippen molar-refractivity contribution in [1.29, 1.82) is 0 Å². The highest BCUT2D eigenvalue weighted by Gasteiger charge is 2.19. The molecule has 0 spiro atoms. The van der Waals surface area contributed by atoms with Crippen molar-refractivity contribution in [1.82, 2.24) is 0 Å².